The second kappa shape index (κ2) is 8.31. The highest BCUT2D eigenvalue weighted by Gasteiger charge is 2.45. The monoisotopic (exact) mass is 407 g/mol. The molecule has 0 saturated carbocycles. The Balaban J connectivity index is 2.13. The first-order valence-electron chi connectivity index (χ1n) is 8.22. The van der Waals surface area contributed by atoms with Crippen molar-refractivity contribution < 1.29 is 38.2 Å². The van der Waals surface area contributed by atoms with Gasteiger partial charge < -0.3 is 24.3 Å². The van der Waals surface area contributed by atoms with Crippen LogP contribution < -0.4 is 10.1 Å². The third-order valence-corrected chi connectivity index (χ3v) is 7.52. The maximum absolute atomic E-state index is 11.7. The predicted octanol–water partition coefficient (Wildman–Crippen LogP) is 2.00. The Morgan fingerprint density at radius 1 is 1.27 bits per heavy atom. The molecule has 0 heterocycles. The molecular weight excluding hydrogens is 384 g/mol. The number of fused-ring (bicyclic) bond motifs is 1. The molecule has 0 aromatic heterocycles. The number of unbranched alkanes of at least 4 members (excludes halogenated alkanes) is 1. The van der Waals surface area contributed by atoms with Crippen LogP contribution in [0.5, 0.6) is 5.75 Å². The van der Waals surface area contributed by atoms with Gasteiger partial charge in [0.1, 0.15) is 5.75 Å². The van der Waals surface area contributed by atoms with Crippen LogP contribution in [0.15, 0.2) is 18.2 Å². The van der Waals surface area contributed by atoms with Crippen molar-refractivity contribution in [3.05, 3.63) is 29.3 Å². The van der Waals surface area contributed by atoms with Crippen LogP contribution >= 0.6 is 15.2 Å². The Hall–Kier alpha value is -1.05. The van der Waals surface area contributed by atoms with E-state index < -0.39 is 26.8 Å². The summed E-state index contributed by atoms with van der Waals surface area (Å²) in [7, 11) is -10.1. The molecule has 0 spiro atoms. The molecule has 1 atom stereocenters. The van der Waals surface area contributed by atoms with E-state index in [1.807, 2.05) is 6.92 Å². The van der Waals surface area contributed by atoms with E-state index in [-0.39, 0.29) is 5.97 Å². The second-order valence-corrected chi connectivity index (χ2v) is 10.0. The summed E-state index contributed by atoms with van der Waals surface area (Å²) < 4.78 is 28.1. The Kier molecular flexibility index (Phi) is 6.80. The van der Waals surface area contributed by atoms with Gasteiger partial charge >= 0.3 is 21.2 Å². The lowest BCUT2D eigenvalue weighted by molar-refractivity contribution is -0.134. The minimum atomic E-state index is -5.04. The van der Waals surface area contributed by atoms with E-state index in [0.717, 1.165) is 18.4 Å². The molecule has 11 heteroatoms. The van der Waals surface area contributed by atoms with E-state index in [0.29, 0.717) is 30.6 Å². The van der Waals surface area contributed by atoms with Crippen molar-refractivity contribution in [2.24, 2.45) is 0 Å². The molecule has 0 radical (unpaired) electrons. The van der Waals surface area contributed by atoms with E-state index in [9.17, 15) is 33.5 Å². The molecule has 9 nitrogen and oxygen atoms in total. The van der Waals surface area contributed by atoms with Crippen molar-refractivity contribution in [2.45, 2.75) is 50.6 Å². The smallest absolute Gasteiger partial charge is 0.354 e. The lowest BCUT2D eigenvalue weighted by Crippen LogP contribution is -2.31. The zero-order chi connectivity index (χ0) is 19.5. The van der Waals surface area contributed by atoms with E-state index >= 15 is 0 Å². The highest BCUT2D eigenvalue weighted by Crippen LogP contribution is 2.59. The largest absolute Gasteiger partial charge is 0.427 e. The van der Waals surface area contributed by atoms with Crippen LogP contribution in [-0.4, -0.2) is 31.1 Å². The van der Waals surface area contributed by atoms with Gasteiger partial charge in [0.15, 0.2) is 0 Å². The molecule has 0 saturated heterocycles. The van der Waals surface area contributed by atoms with Gasteiger partial charge in [-0.3, -0.25) is 19.2 Å². The highest BCUT2D eigenvalue weighted by atomic mass is 31.2. The zero-order valence-corrected chi connectivity index (χ0v) is 16.0. The van der Waals surface area contributed by atoms with Gasteiger partial charge in [-0.25, -0.2) is 0 Å². The molecule has 0 amide bonds. The van der Waals surface area contributed by atoms with Crippen LogP contribution in [-0.2, 0) is 20.3 Å². The molecule has 1 aliphatic carbocycles. The first-order chi connectivity index (χ1) is 12.0. The summed E-state index contributed by atoms with van der Waals surface area (Å²) in [4.78, 5) is 48.6. The maximum Gasteiger partial charge on any atom is 0.354 e. The summed E-state index contributed by atoms with van der Waals surface area (Å²) in [6.45, 7) is 1.97. The molecule has 0 fully saturated rings. The Morgan fingerprint density at radius 2 is 1.92 bits per heavy atom. The number of rotatable bonds is 8. The van der Waals surface area contributed by atoms with Crippen molar-refractivity contribution in [1.82, 2.24) is 5.32 Å². The summed E-state index contributed by atoms with van der Waals surface area (Å²) in [5, 5.41) is 2.41. The maximum atomic E-state index is 11.7. The Bertz CT molecular complexity index is 734. The molecule has 26 heavy (non-hydrogen) atoms. The minimum Gasteiger partial charge on any atom is -0.427 e. The third-order valence-electron chi connectivity index (χ3n) is 4.15. The topological polar surface area (TPSA) is 153 Å². The number of hydrogen-bond acceptors (Lipinski definition) is 5. The molecule has 0 aliphatic heterocycles. The first-order valence-corrected chi connectivity index (χ1v) is 11.6. The van der Waals surface area contributed by atoms with E-state index in [4.69, 9.17) is 4.74 Å². The van der Waals surface area contributed by atoms with Crippen LogP contribution in [0.25, 0.3) is 0 Å². The number of hydrogen-bond donors (Lipinski definition) is 5. The SMILES string of the molecule is CCCCC(=O)Oc1ccc2c(c1)CCC2NC(P(=O)(O)O)P(=O)(O)O. The fourth-order valence-corrected chi connectivity index (χ4v) is 5.22. The fraction of sp³-hybridized carbons (Fsp3) is 0.533. The Morgan fingerprint density at radius 3 is 2.50 bits per heavy atom. The van der Waals surface area contributed by atoms with Crippen LogP contribution in [0.4, 0.5) is 0 Å². The number of ether oxygens (including phenoxy) is 1. The van der Waals surface area contributed by atoms with E-state index in [1.165, 1.54) is 0 Å². The number of carbonyl (C=O) groups is 1. The van der Waals surface area contributed by atoms with Crippen molar-refractivity contribution in [3.8, 4) is 5.75 Å². The minimum absolute atomic E-state index is 0.323. The molecule has 1 aliphatic rings. The summed E-state index contributed by atoms with van der Waals surface area (Å²) in [5.41, 5.74) is -0.777. The van der Waals surface area contributed by atoms with Crippen LogP contribution in [0, 0.1) is 0 Å². The molecule has 0 bridgehead atoms. The van der Waals surface area contributed by atoms with Gasteiger partial charge in [0.2, 0.25) is 5.52 Å². The number of benzene rings is 1. The molecule has 5 N–H and O–H groups in total. The van der Waals surface area contributed by atoms with Gasteiger partial charge in [0.25, 0.3) is 0 Å². The lowest BCUT2D eigenvalue weighted by atomic mass is 10.1. The average Bonchev–Trinajstić information content (AvgIpc) is 2.90. The van der Waals surface area contributed by atoms with Crippen molar-refractivity contribution in [1.29, 1.82) is 0 Å². The van der Waals surface area contributed by atoms with Crippen LogP contribution in [0.2, 0.25) is 0 Å². The fourth-order valence-electron chi connectivity index (χ4n) is 2.90. The first kappa shape index (κ1) is 21.3. The van der Waals surface area contributed by atoms with Crippen molar-refractivity contribution >= 4 is 21.2 Å². The summed E-state index contributed by atoms with van der Waals surface area (Å²) >= 11 is 0. The standard InChI is InChI=1S/C15H23NO8P2/c1-2-3-4-14(17)24-11-6-7-12-10(9-11)5-8-13(12)16-15(25(18,19)20)26(21,22)23/h6-7,9,13,15-16H,2-5,8H2,1H3,(H2,18,19,20)(H2,21,22,23). The zero-order valence-electron chi connectivity index (χ0n) is 14.2. The number of carbonyl (C=O) groups excluding carboxylic acids is 1. The lowest BCUT2D eigenvalue weighted by Gasteiger charge is -2.25. The predicted molar refractivity (Wildman–Crippen MR) is 93.7 cm³/mol. The van der Waals surface area contributed by atoms with Crippen molar-refractivity contribution in [3.63, 3.8) is 0 Å². The van der Waals surface area contributed by atoms with E-state index in [2.05, 4.69) is 5.32 Å². The van der Waals surface area contributed by atoms with E-state index in [1.54, 1.807) is 18.2 Å². The summed E-state index contributed by atoms with van der Waals surface area (Å²) in [5.74, 6) is 0.0505. The summed E-state index contributed by atoms with van der Waals surface area (Å²) in [6.07, 6.45) is 2.89. The van der Waals surface area contributed by atoms with Crippen LogP contribution in [0.3, 0.4) is 0 Å². The quantitative estimate of drug-likeness (QED) is 0.247. The van der Waals surface area contributed by atoms with Gasteiger partial charge in [-0.2, -0.15) is 0 Å². The number of esters is 1. The molecule has 2 rings (SSSR count). The number of nitrogens with one attached hydrogen (secondary N) is 1. The van der Waals surface area contributed by atoms with Gasteiger partial charge in [0, 0.05) is 12.5 Å². The number of aryl methyl sites for hydroxylation is 1. The normalized spacial score (nSPS) is 17.4. The summed E-state index contributed by atoms with van der Waals surface area (Å²) in [6, 6.07) is 4.26. The van der Waals surface area contributed by atoms with Crippen LogP contribution in [0.1, 0.15) is 49.8 Å². The van der Waals surface area contributed by atoms with Gasteiger partial charge in [-0.05, 0) is 42.5 Å². The second-order valence-electron chi connectivity index (χ2n) is 6.25. The Labute approximate surface area is 151 Å². The highest BCUT2D eigenvalue weighted by molar-refractivity contribution is 7.70. The molecule has 1 aromatic rings. The van der Waals surface area contributed by atoms with Gasteiger partial charge in [-0.1, -0.05) is 19.4 Å². The molecule has 1 unspecified atom stereocenters. The molecule has 146 valence electrons. The third kappa shape index (κ3) is 5.47. The van der Waals surface area contributed by atoms with Crippen molar-refractivity contribution in [2.75, 3.05) is 0 Å². The average molecular weight is 407 g/mol. The molecular formula is C15H23NO8P2. The van der Waals surface area contributed by atoms with Gasteiger partial charge in [0.05, 0.1) is 0 Å². The van der Waals surface area contributed by atoms with Gasteiger partial charge in [-0.15, -0.1) is 0 Å². The molecule has 1 aromatic carbocycles.